The van der Waals surface area contributed by atoms with Gasteiger partial charge in [-0.3, -0.25) is 0 Å². The molecule has 1 fully saturated rings. The van der Waals surface area contributed by atoms with Gasteiger partial charge in [-0.2, -0.15) is 5.26 Å². The Balaban J connectivity index is 1.83. The molecule has 24 heavy (non-hydrogen) atoms. The minimum Gasteiger partial charge on any atom is -0.382 e. The predicted octanol–water partition coefficient (Wildman–Crippen LogP) is 4.41. The van der Waals surface area contributed by atoms with Gasteiger partial charge in [-0.25, -0.2) is 14.4 Å². The predicted molar refractivity (Wildman–Crippen MR) is 92.9 cm³/mol. The van der Waals surface area contributed by atoms with Crippen molar-refractivity contribution in [3.8, 4) is 6.07 Å². The molecule has 1 aromatic heterocycles. The molecule has 0 bridgehead atoms. The van der Waals surface area contributed by atoms with E-state index in [1.54, 1.807) is 6.07 Å². The van der Waals surface area contributed by atoms with E-state index in [4.69, 9.17) is 5.73 Å². The first-order valence-electron chi connectivity index (χ1n) is 8.12. The fourth-order valence-corrected chi connectivity index (χ4v) is 3.90. The van der Waals surface area contributed by atoms with E-state index in [9.17, 15) is 9.65 Å². The summed E-state index contributed by atoms with van der Waals surface area (Å²) in [7, 11) is 0. The van der Waals surface area contributed by atoms with Gasteiger partial charge >= 0.3 is 0 Å². The van der Waals surface area contributed by atoms with Crippen molar-refractivity contribution in [3.05, 3.63) is 46.9 Å². The van der Waals surface area contributed by atoms with E-state index in [1.165, 1.54) is 30.3 Å². The fourth-order valence-electron chi connectivity index (χ4n) is 3.10. The summed E-state index contributed by atoms with van der Waals surface area (Å²) in [6.45, 7) is 0. The summed E-state index contributed by atoms with van der Waals surface area (Å²) in [5, 5.41) is 9.95. The van der Waals surface area contributed by atoms with Gasteiger partial charge in [0.1, 0.15) is 23.3 Å². The van der Waals surface area contributed by atoms with Gasteiger partial charge in [0.15, 0.2) is 5.16 Å². The number of nitrogens with two attached hydrogens (primary N) is 1. The van der Waals surface area contributed by atoms with Crippen molar-refractivity contribution < 1.29 is 4.39 Å². The van der Waals surface area contributed by atoms with Crippen LogP contribution in [-0.2, 0) is 5.75 Å². The fraction of sp³-hybridized carbons (Fsp3) is 0.389. The van der Waals surface area contributed by atoms with Crippen molar-refractivity contribution in [2.24, 2.45) is 0 Å². The maximum Gasteiger partial charge on any atom is 0.190 e. The molecule has 6 heteroatoms. The summed E-state index contributed by atoms with van der Waals surface area (Å²) >= 11 is 1.42. The zero-order valence-corrected chi connectivity index (χ0v) is 14.2. The van der Waals surface area contributed by atoms with Crippen LogP contribution in [0.25, 0.3) is 0 Å². The number of thioether (sulfide) groups is 1. The van der Waals surface area contributed by atoms with Crippen molar-refractivity contribution >= 4 is 17.6 Å². The van der Waals surface area contributed by atoms with Gasteiger partial charge in [-0.05, 0) is 30.5 Å². The highest BCUT2D eigenvalue weighted by atomic mass is 32.2. The van der Waals surface area contributed by atoms with E-state index >= 15 is 0 Å². The SMILES string of the molecule is N#Cc1c(N)nc(SCc2cccc(F)c2)nc1C1CCCCC1. The molecule has 3 rings (SSSR count). The summed E-state index contributed by atoms with van der Waals surface area (Å²) in [6.07, 6.45) is 5.63. The first-order chi connectivity index (χ1) is 11.7. The highest BCUT2D eigenvalue weighted by molar-refractivity contribution is 7.98. The molecule has 1 heterocycles. The second-order valence-corrected chi connectivity index (χ2v) is 6.96. The lowest BCUT2D eigenvalue weighted by molar-refractivity contribution is 0.433. The van der Waals surface area contributed by atoms with Crippen LogP contribution in [0.5, 0.6) is 0 Å². The quantitative estimate of drug-likeness (QED) is 0.658. The third-order valence-corrected chi connectivity index (χ3v) is 5.22. The van der Waals surface area contributed by atoms with E-state index < -0.39 is 0 Å². The first-order valence-corrected chi connectivity index (χ1v) is 9.10. The minimum atomic E-state index is -0.253. The summed E-state index contributed by atoms with van der Waals surface area (Å²) in [5.41, 5.74) is 8.05. The van der Waals surface area contributed by atoms with Crippen LogP contribution in [0, 0.1) is 17.1 Å². The highest BCUT2D eigenvalue weighted by Crippen LogP contribution is 2.35. The number of nitriles is 1. The maximum atomic E-state index is 13.3. The summed E-state index contributed by atoms with van der Waals surface area (Å²) < 4.78 is 13.3. The molecule has 0 saturated heterocycles. The minimum absolute atomic E-state index is 0.245. The normalized spacial score (nSPS) is 15.2. The van der Waals surface area contributed by atoms with Crippen LogP contribution in [0.1, 0.15) is 54.8 Å². The molecule has 2 aromatic rings. The number of aromatic nitrogens is 2. The van der Waals surface area contributed by atoms with Crippen molar-refractivity contribution in [2.75, 3.05) is 5.73 Å². The number of anilines is 1. The van der Waals surface area contributed by atoms with Gasteiger partial charge < -0.3 is 5.73 Å². The topological polar surface area (TPSA) is 75.6 Å². The number of rotatable bonds is 4. The van der Waals surface area contributed by atoms with Gasteiger partial charge in [0.2, 0.25) is 0 Å². The Morgan fingerprint density at radius 1 is 1.25 bits per heavy atom. The largest absolute Gasteiger partial charge is 0.382 e. The van der Waals surface area contributed by atoms with Gasteiger partial charge in [0.05, 0.1) is 5.69 Å². The van der Waals surface area contributed by atoms with Gasteiger partial charge in [0, 0.05) is 11.7 Å². The molecule has 4 nitrogen and oxygen atoms in total. The average molecular weight is 342 g/mol. The van der Waals surface area contributed by atoms with E-state index in [0.29, 0.717) is 16.5 Å². The molecule has 0 spiro atoms. The highest BCUT2D eigenvalue weighted by Gasteiger charge is 2.23. The third-order valence-electron chi connectivity index (χ3n) is 4.31. The Morgan fingerprint density at radius 3 is 2.75 bits per heavy atom. The summed E-state index contributed by atoms with van der Waals surface area (Å²) in [4.78, 5) is 8.87. The van der Waals surface area contributed by atoms with Crippen molar-refractivity contribution in [2.45, 2.75) is 48.9 Å². The Labute approximate surface area is 145 Å². The maximum absolute atomic E-state index is 13.3. The Hall–Kier alpha value is -2.13. The van der Waals surface area contributed by atoms with E-state index in [1.807, 2.05) is 6.07 Å². The molecule has 0 unspecified atom stereocenters. The molecule has 0 radical (unpaired) electrons. The zero-order valence-electron chi connectivity index (χ0n) is 13.3. The van der Waals surface area contributed by atoms with Crippen molar-refractivity contribution in [3.63, 3.8) is 0 Å². The van der Waals surface area contributed by atoms with Crippen LogP contribution < -0.4 is 5.73 Å². The molecule has 0 atom stereocenters. The Kier molecular flexibility index (Phi) is 5.31. The standard InChI is InChI=1S/C18H19FN4S/c19-14-8-4-5-12(9-14)11-24-18-22-16(13-6-2-1-3-7-13)15(10-20)17(21)23-18/h4-5,8-9,13H,1-3,6-7,11H2,(H2,21,22,23). The van der Waals surface area contributed by atoms with E-state index in [0.717, 1.165) is 36.9 Å². The van der Waals surface area contributed by atoms with Crippen LogP contribution in [-0.4, -0.2) is 9.97 Å². The van der Waals surface area contributed by atoms with Crippen molar-refractivity contribution in [1.29, 1.82) is 5.26 Å². The molecule has 1 aliphatic rings. The molecule has 0 amide bonds. The third kappa shape index (κ3) is 3.85. The molecule has 1 aromatic carbocycles. The second kappa shape index (κ2) is 7.63. The zero-order chi connectivity index (χ0) is 16.9. The van der Waals surface area contributed by atoms with Crippen LogP contribution in [0.2, 0.25) is 0 Å². The Bertz CT molecular complexity index is 766. The number of benzene rings is 1. The Morgan fingerprint density at radius 2 is 2.04 bits per heavy atom. The van der Waals surface area contributed by atoms with E-state index in [2.05, 4.69) is 16.0 Å². The van der Waals surface area contributed by atoms with Crippen LogP contribution in [0.4, 0.5) is 10.2 Å². The lowest BCUT2D eigenvalue weighted by Crippen LogP contribution is -2.12. The van der Waals surface area contributed by atoms with Gasteiger partial charge in [-0.15, -0.1) is 0 Å². The monoisotopic (exact) mass is 342 g/mol. The average Bonchev–Trinajstić information content (AvgIpc) is 2.60. The molecule has 1 aliphatic carbocycles. The van der Waals surface area contributed by atoms with Crippen LogP contribution >= 0.6 is 11.8 Å². The number of nitrogens with zero attached hydrogens (tertiary/aromatic N) is 3. The lowest BCUT2D eigenvalue weighted by Gasteiger charge is -2.22. The molecule has 1 saturated carbocycles. The smallest absolute Gasteiger partial charge is 0.190 e. The van der Waals surface area contributed by atoms with Crippen LogP contribution in [0.3, 0.4) is 0 Å². The number of hydrogen-bond donors (Lipinski definition) is 1. The first kappa shape index (κ1) is 16.7. The molecule has 2 N–H and O–H groups in total. The second-order valence-electron chi connectivity index (χ2n) is 6.02. The molecular formula is C18H19FN4S. The molecular weight excluding hydrogens is 323 g/mol. The van der Waals surface area contributed by atoms with Gasteiger partial charge in [-0.1, -0.05) is 43.2 Å². The number of halogens is 1. The molecule has 0 aliphatic heterocycles. The van der Waals surface area contributed by atoms with E-state index in [-0.39, 0.29) is 17.6 Å². The van der Waals surface area contributed by atoms with Crippen molar-refractivity contribution in [1.82, 2.24) is 9.97 Å². The lowest BCUT2D eigenvalue weighted by atomic mass is 9.85. The van der Waals surface area contributed by atoms with Gasteiger partial charge in [0.25, 0.3) is 0 Å². The van der Waals surface area contributed by atoms with Crippen LogP contribution in [0.15, 0.2) is 29.4 Å². The number of nitrogen functional groups attached to an aromatic ring is 1. The summed E-state index contributed by atoms with van der Waals surface area (Å²) in [6, 6.07) is 8.64. The number of hydrogen-bond acceptors (Lipinski definition) is 5. The molecule has 124 valence electrons. The summed E-state index contributed by atoms with van der Waals surface area (Å²) in [5.74, 6) is 0.839.